The highest BCUT2D eigenvalue weighted by molar-refractivity contribution is 5.94. The van der Waals surface area contributed by atoms with Crippen LogP contribution in [-0.4, -0.2) is 36.7 Å². The summed E-state index contributed by atoms with van der Waals surface area (Å²) in [6.07, 6.45) is 0.338. The monoisotopic (exact) mass is 250 g/mol. The minimum Gasteiger partial charge on any atom is -0.395 e. The molecule has 0 atom stereocenters. The molecule has 0 saturated heterocycles. The number of nitrogens with one attached hydrogen (secondary N) is 1. The van der Waals surface area contributed by atoms with Gasteiger partial charge in [-0.15, -0.1) is 0 Å². The van der Waals surface area contributed by atoms with Crippen molar-refractivity contribution in [3.63, 3.8) is 0 Å². The molecule has 96 valence electrons. The first-order valence-electron chi connectivity index (χ1n) is 5.42. The van der Waals surface area contributed by atoms with Gasteiger partial charge in [0.05, 0.1) is 12.2 Å². The summed E-state index contributed by atoms with van der Waals surface area (Å²) < 4.78 is 13.7. The van der Waals surface area contributed by atoms with Gasteiger partial charge >= 0.3 is 0 Å². The molecule has 0 aliphatic heterocycles. The van der Waals surface area contributed by atoms with Gasteiger partial charge in [0, 0.05) is 26.1 Å². The molecule has 18 heavy (non-hydrogen) atoms. The maximum atomic E-state index is 13.7. The van der Waals surface area contributed by atoms with Crippen LogP contribution in [0.5, 0.6) is 0 Å². The van der Waals surface area contributed by atoms with E-state index in [2.05, 4.69) is 17.3 Å². The van der Waals surface area contributed by atoms with Gasteiger partial charge in [-0.25, -0.2) is 9.40 Å². The van der Waals surface area contributed by atoms with Crippen molar-refractivity contribution in [1.82, 2.24) is 10.4 Å². The standard InChI is InChI=1S/C13H15FN2O2/c1-16(2)15-13(18)11-7-6-10(9-12(11)14)5-3-4-8-17/h6-7,9,17H,4,8H2,1-2H3,(H,15,18). The van der Waals surface area contributed by atoms with Gasteiger partial charge in [0.1, 0.15) is 5.82 Å². The van der Waals surface area contributed by atoms with Crippen molar-refractivity contribution in [2.24, 2.45) is 0 Å². The lowest BCUT2D eigenvalue weighted by atomic mass is 10.1. The Morgan fingerprint density at radius 3 is 2.78 bits per heavy atom. The zero-order chi connectivity index (χ0) is 13.5. The van der Waals surface area contributed by atoms with Crippen LogP contribution >= 0.6 is 0 Å². The molecule has 0 aliphatic rings. The quantitative estimate of drug-likeness (QED) is 0.615. The summed E-state index contributed by atoms with van der Waals surface area (Å²) in [5.74, 6) is 4.26. The average molecular weight is 250 g/mol. The molecule has 0 spiro atoms. The molecule has 0 radical (unpaired) electrons. The van der Waals surface area contributed by atoms with Gasteiger partial charge in [-0.2, -0.15) is 0 Å². The summed E-state index contributed by atoms with van der Waals surface area (Å²) in [5, 5.41) is 10.0. The lowest BCUT2D eigenvalue weighted by Gasteiger charge is -2.12. The van der Waals surface area contributed by atoms with Crippen molar-refractivity contribution < 1.29 is 14.3 Å². The van der Waals surface area contributed by atoms with Crippen LogP contribution in [0.2, 0.25) is 0 Å². The summed E-state index contributed by atoms with van der Waals surface area (Å²) in [6.45, 7) is -0.0290. The van der Waals surface area contributed by atoms with Crippen molar-refractivity contribution in [3.8, 4) is 11.8 Å². The molecule has 0 aromatic heterocycles. The van der Waals surface area contributed by atoms with Crippen molar-refractivity contribution in [2.45, 2.75) is 6.42 Å². The van der Waals surface area contributed by atoms with E-state index in [1.807, 2.05) is 0 Å². The molecule has 0 fully saturated rings. The van der Waals surface area contributed by atoms with Crippen LogP contribution in [0.3, 0.4) is 0 Å². The summed E-state index contributed by atoms with van der Waals surface area (Å²) >= 11 is 0. The van der Waals surface area contributed by atoms with E-state index in [1.165, 1.54) is 17.1 Å². The summed E-state index contributed by atoms with van der Waals surface area (Å²) in [5.41, 5.74) is 2.90. The average Bonchev–Trinajstić information content (AvgIpc) is 2.28. The number of carbonyl (C=O) groups is 1. The molecule has 1 amide bonds. The Balaban J connectivity index is 2.87. The Morgan fingerprint density at radius 2 is 2.22 bits per heavy atom. The van der Waals surface area contributed by atoms with E-state index < -0.39 is 11.7 Å². The van der Waals surface area contributed by atoms with Gasteiger partial charge in [-0.3, -0.25) is 10.2 Å². The van der Waals surface area contributed by atoms with E-state index in [9.17, 15) is 9.18 Å². The third-order valence-electron chi connectivity index (χ3n) is 2.01. The number of rotatable bonds is 3. The minimum atomic E-state index is -0.620. The van der Waals surface area contributed by atoms with Gasteiger partial charge in [0.25, 0.3) is 5.91 Å². The smallest absolute Gasteiger partial charge is 0.268 e. The van der Waals surface area contributed by atoms with Crippen LogP contribution in [0.25, 0.3) is 0 Å². The second-order valence-corrected chi connectivity index (χ2v) is 3.81. The van der Waals surface area contributed by atoms with E-state index in [0.717, 1.165) is 0 Å². The highest BCUT2D eigenvalue weighted by Gasteiger charge is 2.11. The predicted octanol–water partition coefficient (Wildman–Crippen LogP) is 0.766. The highest BCUT2D eigenvalue weighted by atomic mass is 19.1. The minimum absolute atomic E-state index is 0.0290. The highest BCUT2D eigenvalue weighted by Crippen LogP contribution is 2.10. The number of aliphatic hydroxyl groups excluding tert-OH is 1. The topological polar surface area (TPSA) is 52.6 Å². The zero-order valence-corrected chi connectivity index (χ0v) is 10.3. The number of halogens is 1. The first kappa shape index (κ1) is 14.2. The third kappa shape index (κ3) is 4.17. The van der Waals surface area contributed by atoms with Crippen molar-refractivity contribution in [2.75, 3.05) is 20.7 Å². The Hall–Kier alpha value is -1.90. The fourth-order valence-corrected chi connectivity index (χ4v) is 1.26. The molecular weight excluding hydrogens is 235 g/mol. The molecule has 0 bridgehead atoms. The van der Waals surface area contributed by atoms with Gasteiger partial charge in [0.15, 0.2) is 0 Å². The molecule has 1 aromatic rings. The number of aliphatic hydroxyl groups is 1. The molecule has 5 heteroatoms. The number of hydrazine groups is 1. The van der Waals surface area contributed by atoms with Gasteiger partial charge in [-0.1, -0.05) is 11.8 Å². The lowest BCUT2D eigenvalue weighted by Crippen LogP contribution is -2.36. The number of hydrogen-bond donors (Lipinski definition) is 2. The molecule has 4 nitrogen and oxygen atoms in total. The largest absolute Gasteiger partial charge is 0.395 e. The van der Waals surface area contributed by atoms with Crippen molar-refractivity contribution in [3.05, 3.63) is 35.1 Å². The number of nitrogens with zero attached hydrogens (tertiary/aromatic N) is 1. The lowest BCUT2D eigenvalue weighted by molar-refractivity contribution is 0.0852. The fraction of sp³-hybridized carbons (Fsp3) is 0.308. The molecule has 1 rings (SSSR count). The van der Waals surface area contributed by atoms with Crippen LogP contribution < -0.4 is 5.43 Å². The Morgan fingerprint density at radius 1 is 1.50 bits per heavy atom. The second-order valence-electron chi connectivity index (χ2n) is 3.81. The predicted molar refractivity (Wildman–Crippen MR) is 66.1 cm³/mol. The number of carbonyl (C=O) groups excluding carboxylic acids is 1. The molecule has 2 N–H and O–H groups in total. The molecular formula is C13H15FN2O2. The van der Waals surface area contributed by atoms with E-state index in [0.29, 0.717) is 12.0 Å². The van der Waals surface area contributed by atoms with Crippen LogP contribution in [0.4, 0.5) is 4.39 Å². The van der Waals surface area contributed by atoms with Gasteiger partial charge in [0.2, 0.25) is 0 Å². The normalized spacial score (nSPS) is 9.83. The van der Waals surface area contributed by atoms with E-state index >= 15 is 0 Å². The van der Waals surface area contributed by atoms with Gasteiger partial charge < -0.3 is 5.11 Å². The van der Waals surface area contributed by atoms with Crippen LogP contribution in [0, 0.1) is 17.7 Å². The van der Waals surface area contributed by atoms with Crippen LogP contribution in [0.15, 0.2) is 18.2 Å². The molecule has 0 unspecified atom stereocenters. The summed E-state index contributed by atoms with van der Waals surface area (Å²) in [7, 11) is 3.29. The summed E-state index contributed by atoms with van der Waals surface area (Å²) in [6, 6.07) is 4.16. The SMILES string of the molecule is CN(C)NC(=O)c1ccc(C#CCCO)cc1F. The number of benzene rings is 1. The van der Waals surface area contributed by atoms with Gasteiger partial charge in [-0.05, 0) is 18.2 Å². The van der Waals surface area contributed by atoms with Crippen molar-refractivity contribution >= 4 is 5.91 Å². The first-order valence-corrected chi connectivity index (χ1v) is 5.42. The van der Waals surface area contributed by atoms with E-state index in [1.54, 1.807) is 20.2 Å². The van der Waals surface area contributed by atoms with E-state index in [-0.39, 0.29) is 12.2 Å². The number of amides is 1. The molecule has 0 heterocycles. The maximum Gasteiger partial charge on any atom is 0.268 e. The van der Waals surface area contributed by atoms with Crippen molar-refractivity contribution in [1.29, 1.82) is 0 Å². The van der Waals surface area contributed by atoms with Crippen LogP contribution in [0.1, 0.15) is 22.3 Å². The maximum absolute atomic E-state index is 13.7. The molecule has 0 saturated carbocycles. The molecule has 1 aromatic carbocycles. The fourth-order valence-electron chi connectivity index (χ4n) is 1.26. The Bertz CT molecular complexity index is 489. The Labute approximate surface area is 105 Å². The third-order valence-corrected chi connectivity index (χ3v) is 2.01. The first-order chi connectivity index (χ1) is 8.54. The summed E-state index contributed by atoms with van der Waals surface area (Å²) in [4.78, 5) is 11.6. The zero-order valence-electron chi connectivity index (χ0n) is 10.3. The van der Waals surface area contributed by atoms with Crippen LogP contribution in [-0.2, 0) is 0 Å². The Kier molecular flexibility index (Phi) is 5.31. The second kappa shape index (κ2) is 6.74. The van der Waals surface area contributed by atoms with E-state index in [4.69, 9.17) is 5.11 Å². The number of hydrogen-bond acceptors (Lipinski definition) is 3. The molecule has 0 aliphatic carbocycles.